The van der Waals surface area contributed by atoms with Crippen LogP contribution in [0.2, 0.25) is 0 Å². The molecule has 36 heavy (non-hydrogen) atoms. The largest absolute Gasteiger partial charge is 0.480 e. The standard InChI is InChI=1S/C26H24F2N4O4/c27-26(28)36-19-10-8-18(9-11-19)16-32-22(30-20-7-4-14-29-24(20)32)12-13-23(33)31-21(25(34)35)15-17-5-2-1-3-6-17/h1-11,14,21,26H,12-13,15-16H2,(H,31,33)(H,34,35)/t21-/m1/s1. The minimum Gasteiger partial charge on any atom is -0.480 e. The Bertz CT molecular complexity index is 1330. The smallest absolute Gasteiger partial charge is 0.387 e. The van der Waals surface area contributed by atoms with Crippen molar-refractivity contribution in [1.29, 1.82) is 0 Å². The summed E-state index contributed by atoms with van der Waals surface area (Å²) in [5.74, 6) is -0.856. The van der Waals surface area contributed by atoms with E-state index in [9.17, 15) is 23.5 Å². The Morgan fingerprint density at radius 2 is 1.75 bits per heavy atom. The summed E-state index contributed by atoms with van der Waals surface area (Å²) >= 11 is 0. The molecule has 2 aromatic carbocycles. The second-order valence-electron chi connectivity index (χ2n) is 8.13. The van der Waals surface area contributed by atoms with Gasteiger partial charge in [-0.25, -0.2) is 14.8 Å². The Morgan fingerprint density at radius 1 is 1.00 bits per heavy atom. The van der Waals surface area contributed by atoms with Gasteiger partial charge in [0, 0.05) is 25.5 Å². The molecule has 1 amide bonds. The molecule has 0 saturated heterocycles. The highest BCUT2D eigenvalue weighted by molar-refractivity contribution is 5.84. The van der Waals surface area contributed by atoms with Crippen LogP contribution in [-0.2, 0) is 29.0 Å². The summed E-state index contributed by atoms with van der Waals surface area (Å²) in [6.45, 7) is -2.55. The van der Waals surface area contributed by atoms with Crippen LogP contribution < -0.4 is 10.1 Å². The molecule has 0 unspecified atom stereocenters. The van der Waals surface area contributed by atoms with Crippen LogP contribution in [0.15, 0.2) is 72.9 Å². The number of alkyl halides is 2. The second kappa shape index (κ2) is 11.4. The number of nitrogens with one attached hydrogen (secondary N) is 1. The minimum absolute atomic E-state index is 0.0308. The Hall–Kier alpha value is -4.34. The number of nitrogens with zero attached hydrogens (tertiary/aromatic N) is 3. The fraction of sp³-hybridized carbons (Fsp3) is 0.231. The molecule has 1 atom stereocenters. The van der Waals surface area contributed by atoms with Crippen molar-refractivity contribution >= 4 is 23.0 Å². The molecule has 0 aliphatic heterocycles. The number of pyridine rings is 1. The third kappa shape index (κ3) is 6.41. The van der Waals surface area contributed by atoms with Crippen molar-refractivity contribution in [3.05, 3.63) is 89.9 Å². The van der Waals surface area contributed by atoms with Crippen LogP contribution in [0, 0.1) is 0 Å². The fourth-order valence-electron chi connectivity index (χ4n) is 3.86. The van der Waals surface area contributed by atoms with Crippen molar-refractivity contribution in [1.82, 2.24) is 19.9 Å². The number of amides is 1. The number of hydrogen-bond acceptors (Lipinski definition) is 5. The van der Waals surface area contributed by atoms with Gasteiger partial charge in [-0.1, -0.05) is 42.5 Å². The van der Waals surface area contributed by atoms with Gasteiger partial charge in [0.05, 0.1) is 6.54 Å². The number of imidazole rings is 1. The van der Waals surface area contributed by atoms with Crippen LogP contribution in [-0.4, -0.2) is 44.2 Å². The molecule has 0 radical (unpaired) electrons. The Morgan fingerprint density at radius 3 is 2.44 bits per heavy atom. The zero-order valence-electron chi connectivity index (χ0n) is 19.2. The van der Waals surface area contributed by atoms with E-state index in [0.717, 1.165) is 11.1 Å². The molecular formula is C26H24F2N4O4. The van der Waals surface area contributed by atoms with Crippen LogP contribution in [0.5, 0.6) is 5.75 Å². The first-order valence-electron chi connectivity index (χ1n) is 11.3. The number of carboxylic acid groups (broad SMARTS) is 1. The topological polar surface area (TPSA) is 106 Å². The van der Waals surface area contributed by atoms with Gasteiger partial charge in [-0.2, -0.15) is 8.78 Å². The monoisotopic (exact) mass is 494 g/mol. The van der Waals surface area contributed by atoms with Gasteiger partial charge >= 0.3 is 12.6 Å². The maximum atomic E-state index is 12.6. The number of aromatic nitrogens is 3. The number of benzene rings is 2. The summed E-state index contributed by atoms with van der Waals surface area (Å²) in [5.41, 5.74) is 2.88. The van der Waals surface area contributed by atoms with E-state index in [0.29, 0.717) is 23.5 Å². The zero-order valence-corrected chi connectivity index (χ0v) is 19.2. The SMILES string of the molecule is O=C(CCc1nc2cccnc2n1Cc1ccc(OC(F)F)cc1)N[C@H](Cc1ccccc1)C(=O)O. The van der Waals surface area contributed by atoms with Gasteiger partial charge < -0.3 is 19.7 Å². The molecule has 0 aliphatic rings. The van der Waals surface area contributed by atoms with E-state index in [4.69, 9.17) is 0 Å². The van der Waals surface area contributed by atoms with Gasteiger partial charge in [0.15, 0.2) is 5.65 Å². The zero-order chi connectivity index (χ0) is 25.5. The lowest BCUT2D eigenvalue weighted by atomic mass is 10.1. The fourth-order valence-corrected chi connectivity index (χ4v) is 3.86. The van der Waals surface area contributed by atoms with Gasteiger partial charge in [0.1, 0.15) is 23.1 Å². The summed E-state index contributed by atoms with van der Waals surface area (Å²) in [5, 5.41) is 12.1. The van der Waals surface area contributed by atoms with Gasteiger partial charge in [-0.05, 0) is 35.4 Å². The lowest BCUT2D eigenvalue weighted by Crippen LogP contribution is -2.42. The molecule has 0 aliphatic carbocycles. The molecule has 0 spiro atoms. The van der Waals surface area contributed by atoms with E-state index < -0.39 is 24.5 Å². The molecule has 0 fully saturated rings. The van der Waals surface area contributed by atoms with E-state index in [-0.39, 0.29) is 25.0 Å². The highest BCUT2D eigenvalue weighted by Gasteiger charge is 2.21. The summed E-state index contributed by atoms with van der Waals surface area (Å²) < 4.78 is 31.1. The lowest BCUT2D eigenvalue weighted by Gasteiger charge is -2.15. The van der Waals surface area contributed by atoms with E-state index in [1.165, 1.54) is 12.1 Å². The molecule has 4 aromatic rings. The Labute approximate surface area is 205 Å². The van der Waals surface area contributed by atoms with E-state index in [1.54, 1.807) is 24.4 Å². The van der Waals surface area contributed by atoms with Crippen molar-refractivity contribution in [2.45, 2.75) is 38.5 Å². The molecule has 186 valence electrons. The summed E-state index contributed by atoms with van der Waals surface area (Å²) in [6.07, 6.45) is 2.10. The van der Waals surface area contributed by atoms with Crippen molar-refractivity contribution in [2.75, 3.05) is 0 Å². The van der Waals surface area contributed by atoms with Crippen molar-refractivity contribution < 1.29 is 28.2 Å². The molecule has 10 heteroatoms. The van der Waals surface area contributed by atoms with Gasteiger partial charge in [0.2, 0.25) is 5.91 Å². The third-order valence-corrected chi connectivity index (χ3v) is 5.56. The molecular weight excluding hydrogens is 470 g/mol. The summed E-state index contributed by atoms with van der Waals surface area (Å²) in [7, 11) is 0. The number of ether oxygens (including phenoxy) is 1. The first-order valence-corrected chi connectivity index (χ1v) is 11.3. The number of carbonyl (C=O) groups is 2. The number of halogens is 2. The molecule has 0 saturated carbocycles. The average molecular weight is 494 g/mol. The van der Waals surface area contributed by atoms with Crippen molar-refractivity contribution in [3.63, 3.8) is 0 Å². The molecule has 2 heterocycles. The van der Waals surface area contributed by atoms with Crippen LogP contribution in [0.4, 0.5) is 8.78 Å². The molecule has 0 bridgehead atoms. The molecule has 8 nitrogen and oxygen atoms in total. The third-order valence-electron chi connectivity index (χ3n) is 5.56. The number of hydrogen-bond donors (Lipinski definition) is 2. The van der Waals surface area contributed by atoms with Crippen molar-refractivity contribution in [2.24, 2.45) is 0 Å². The quantitative estimate of drug-likeness (QED) is 0.328. The van der Waals surface area contributed by atoms with Crippen LogP contribution in [0.25, 0.3) is 11.2 Å². The highest BCUT2D eigenvalue weighted by Crippen LogP contribution is 2.20. The summed E-state index contributed by atoms with van der Waals surface area (Å²) in [6, 6.07) is 17.9. The molecule has 2 N–H and O–H groups in total. The first-order chi connectivity index (χ1) is 17.4. The first kappa shape index (κ1) is 24.8. The van der Waals surface area contributed by atoms with Gasteiger partial charge in [-0.3, -0.25) is 4.79 Å². The van der Waals surface area contributed by atoms with Gasteiger partial charge in [-0.15, -0.1) is 0 Å². The van der Waals surface area contributed by atoms with E-state index in [2.05, 4.69) is 20.0 Å². The predicted octanol–water partition coefficient (Wildman–Crippen LogP) is 3.83. The predicted molar refractivity (Wildman–Crippen MR) is 128 cm³/mol. The van der Waals surface area contributed by atoms with E-state index in [1.807, 2.05) is 41.0 Å². The number of rotatable bonds is 11. The van der Waals surface area contributed by atoms with E-state index >= 15 is 0 Å². The number of aliphatic carboxylic acids is 1. The molecule has 2 aromatic heterocycles. The highest BCUT2D eigenvalue weighted by atomic mass is 19.3. The number of carboxylic acids is 1. The minimum atomic E-state index is -2.90. The summed E-state index contributed by atoms with van der Waals surface area (Å²) in [4.78, 5) is 33.3. The maximum absolute atomic E-state index is 12.6. The lowest BCUT2D eigenvalue weighted by molar-refractivity contribution is -0.141. The maximum Gasteiger partial charge on any atom is 0.387 e. The van der Waals surface area contributed by atoms with Crippen molar-refractivity contribution in [3.8, 4) is 5.75 Å². The Kier molecular flexibility index (Phi) is 7.84. The average Bonchev–Trinajstić information content (AvgIpc) is 3.21. The number of aryl methyl sites for hydroxylation is 1. The van der Waals surface area contributed by atoms with Crippen LogP contribution >= 0.6 is 0 Å². The second-order valence-corrected chi connectivity index (χ2v) is 8.13. The van der Waals surface area contributed by atoms with Gasteiger partial charge in [0.25, 0.3) is 0 Å². The normalized spacial score (nSPS) is 12.0. The van der Waals surface area contributed by atoms with Crippen LogP contribution in [0.1, 0.15) is 23.4 Å². The van der Waals surface area contributed by atoms with Crippen LogP contribution in [0.3, 0.4) is 0 Å². The number of carbonyl (C=O) groups excluding carboxylic acids is 1. The number of fused-ring (bicyclic) bond motifs is 1. The Balaban J connectivity index is 1.46. The molecule has 4 rings (SSSR count).